The summed E-state index contributed by atoms with van der Waals surface area (Å²) in [6.07, 6.45) is 4.64. The van der Waals surface area contributed by atoms with Crippen molar-refractivity contribution in [3.05, 3.63) is 76.9 Å². The van der Waals surface area contributed by atoms with Crippen LogP contribution in [0.25, 0.3) is 11.1 Å². The lowest BCUT2D eigenvalue weighted by molar-refractivity contribution is 0.222. The molecule has 2 aliphatic heterocycles. The van der Waals surface area contributed by atoms with E-state index in [-0.39, 0.29) is 6.03 Å². The molecule has 3 heterocycles. The van der Waals surface area contributed by atoms with E-state index in [0.29, 0.717) is 11.4 Å². The average molecular weight is 417 g/mol. The number of amides is 2. The van der Waals surface area contributed by atoms with Gasteiger partial charge in [-0.15, -0.1) is 0 Å². The second-order valence-electron chi connectivity index (χ2n) is 7.63. The standard InChI is InChI=1S/C24H21ClN4O/c25-21-9-8-19(27-24(30)29-10-4-5-11-29)14-20(21)22-13-17-12-18(15-26-23(17)28-22)16-6-2-1-3-7-16/h1-3,6-9,12,14-15H,4-5,10-11,13H2,(H,27,30). The number of hydrogen-bond donors (Lipinski definition) is 1. The number of nitrogens with zero attached hydrogens (tertiary/aromatic N) is 3. The minimum Gasteiger partial charge on any atom is -0.325 e. The monoisotopic (exact) mass is 416 g/mol. The molecule has 1 saturated heterocycles. The highest BCUT2D eigenvalue weighted by Crippen LogP contribution is 2.33. The molecule has 2 aromatic carbocycles. The van der Waals surface area contributed by atoms with Crippen LogP contribution < -0.4 is 5.32 Å². The number of halogens is 1. The van der Waals surface area contributed by atoms with Gasteiger partial charge in [-0.1, -0.05) is 41.9 Å². The summed E-state index contributed by atoms with van der Waals surface area (Å²) in [6, 6.07) is 17.8. The molecular weight excluding hydrogens is 396 g/mol. The minimum atomic E-state index is -0.0633. The number of carbonyl (C=O) groups is 1. The third-order valence-electron chi connectivity index (χ3n) is 5.57. The van der Waals surface area contributed by atoms with Gasteiger partial charge < -0.3 is 10.2 Å². The predicted octanol–water partition coefficient (Wildman–Crippen LogP) is 5.71. The number of hydrogen-bond acceptors (Lipinski definition) is 3. The zero-order valence-corrected chi connectivity index (χ0v) is 17.2. The van der Waals surface area contributed by atoms with E-state index in [2.05, 4.69) is 28.5 Å². The first-order chi connectivity index (χ1) is 14.7. The molecular formula is C24H21ClN4O. The Hall–Kier alpha value is -3.18. The molecule has 30 heavy (non-hydrogen) atoms. The second-order valence-corrected chi connectivity index (χ2v) is 8.03. The van der Waals surface area contributed by atoms with Gasteiger partial charge in [-0.2, -0.15) is 0 Å². The lowest BCUT2D eigenvalue weighted by Gasteiger charge is -2.17. The van der Waals surface area contributed by atoms with Gasteiger partial charge in [0.1, 0.15) is 0 Å². The normalized spacial score (nSPS) is 15.1. The summed E-state index contributed by atoms with van der Waals surface area (Å²) in [7, 11) is 0. The van der Waals surface area contributed by atoms with Crippen molar-refractivity contribution in [2.45, 2.75) is 19.3 Å². The Morgan fingerprint density at radius 2 is 1.80 bits per heavy atom. The molecule has 1 aromatic heterocycles. The zero-order chi connectivity index (χ0) is 20.5. The lowest BCUT2D eigenvalue weighted by Crippen LogP contribution is -2.32. The first-order valence-electron chi connectivity index (χ1n) is 10.2. The van der Waals surface area contributed by atoms with Crippen LogP contribution >= 0.6 is 11.6 Å². The summed E-state index contributed by atoms with van der Waals surface area (Å²) < 4.78 is 0. The summed E-state index contributed by atoms with van der Waals surface area (Å²) in [6.45, 7) is 1.62. The Morgan fingerprint density at radius 3 is 2.60 bits per heavy atom. The van der Waals surface area contributed by atoms with Gasteiger partial charge in [0.25, 0.3) is 0 Å². The molecule has 2 amide bonds. The number of likely N-dealkylation sites (tertiary alicyclic amines) is 1. The summed E-state index contributed by atoms with van der Waals surface area (Å²) in [5.74, 6) is 0.729. The van der Waals surface area contributed by atoms with Crippen LogP contribution in [0.1, 0.15) is 24.0 Å². The van der Waals surface area contributed by atoms with Gasteiger partial charge in [0.05, 0.1) is 5.71 Å². The predicted molar refractivity (Wildman–Crippen MR) is 121 cm³/mol. The van der Waals surface area contributed by atoms with Crippen LogP contribution in [0.3, 0.4) is 0 Å². The number of fused-ring (bicyclic) bond motifs is 1. The molecule has 3 aromatic rings. The van der Waals surface area contributed by atoms with Crippen molar-refractivity contribution in [2.75, 3.05) is 18.4 Å². The van der Waals surface area contributed by atoms with Crippen LogP contribution in [-0.2, 0) is 6.42 Å². The van der Waals surface area contributed by atoms with Gasteiger partial charge in [-0.05, 0) is 42.7 Å². The van der Waals surface area contributed by atoms with Gasteiger partial charge in [0.15, 0.2) is 5.82 Å². The van der Waals surface area contributed by atoms with Crippen LogP contribution in [0.4, 0.5) is 16.3 Å². The highest BCUT2D eigenvalue weighted by molar-refractivity contribution is 6.34. The molecule has 0 atom stereocenters. The van der Waals surface area contributed by atoms with E-state index in [9.17, 15) is 4.79 Å². The Labute approximate surface area is 180 Å². The van der Waals surface area contributed by atoms with Crippen molar-refractivity contribution in [3.63, 3.8) is 0 Å². The van der Waals surface area contributed by atoms with Gasteiger partial charge in [0, 0.05) is 53.1 Å². The number of aromatic nitrogens is 1. The van der Waals surface area contributed by atoms with Crippen molar-refractivity contribution < 1.29 is 4.79 Å². The SMILES string of the molecule is O=C(Nc1ccc(Cl)c(C2=Nc3ncc(-c4ccccc4)cc3C2)c1)N1CCCC1. The van der Waals surface area contributed by atoms with Crippen LogP contribution in [0.15, 0.2) is 65.8 Å². The van der Waals surface area contributed by atoms with Gasteiger partial charge in [-0.25, -0.2) is 14.8 Å². The fraction of sp³-hybridized carbons (Fsp3) is 0.208. The number of nitrogens with one attached hydrogen (secondary N) is 1. The van der Waals surface area contributed by atoms with Gasteiger partial charge in [0.2, 0.25) is 0 Å². The van der Waals surface area contributed by atoms with E-state index < -0.39 is 0 Å². The van der Waals surface area contributed by atoms with Crippen molar-refractivity contribution in [3.8, 4) is 11.1 Å². The molecule has 5 rings (SSSR count). The molecule has 1 fully saturated rings. The number of urea groups is 1. The van der Waals surface area contributed by atoms with Crippen molar-refractivity contribution in [1.29, 1.82) is 0 Å². The van der Waals surface area contributed by atoms with E-state index in [1.165, 1.54) is 0 Å². The molecule has 1 N–H and O–H groups in total. The minimum absolute atomic E-state index is 0.0633. The molecule has 0 radical (unpaired) electrons. The van der Waals surface area contributed by atoms with E-state index in [0.717, 1.165) is 65.4 Å². The molecule has 0 bridgehead atoms. The first-order valence-corrected chi connectivity index (χ1v) is 10.5. The number of aliphatic imine (C=N–C) groups is 1. The van der Waals surface area contributed by atoms with Crippen molar-refractivity contribution >= 4 is 34.8 Å². The first kappa shape index (κ1) is 18.8. The molecule has 0 saturated carbocycles. The van der Waals surface area contributed by atoms with Crippen molar-refractivity contribution in [1.82, 2.24) is 9.88 Å². The highest BCUT2D eigenvalue weighted by atomic mass is 35.5. The Bertz CT molecular complexity index is 1140. The van der Waals surface area contributed by atoms with E-state index >= 15 is 0 Å². The third kappa shape index (κ3) is 3.68. The molecule has 0 aliphatic carbocycles. The fourth-order valence-corrected chi connectivity index (χ4v) is 4.20. The number of anilines is 1. The summed E-state index contributed by atoms with van der Waals surface area (Å²) in [5.41, 5.74) is 5.70. The maximum absolute atomic E-state index is 12.4. The summed E-state index contributed by atoms with van der Waals surface area (Å²) in [5, 5.41) is 3.60. The topological polar surface area (TPSA) is 57.6 Å². The summed E-state index contributed by atoms with van der Waals surface area (Å²) >= 11 is 6.49. The molecule has 0 unspecified atom stereocenters. The molecule has 0 spiro atoms. The maximum Gasteiger partial charge on any atom is 0.321 e. The third-order valence-corrected chi connectivity index (χ3v) is 5.90. The summed E-state index contributed by atoms with van der Waals surface area (Å²) in [4.78, 5) is 23.5. The van der Waals surface area contributed by atoms with Crippen LogP contribution in [-0.4, -0.2) is 34.7 Å². The average Bonchev–Trinajstić information content (AvgIpc) is 3.45. The highest BCUT2D eigenvalue weighted by Gasteiger charge is 2.22. The lowest BCUT2D eigenvalue weighted by atomic mass is 10.0. The van der Waals surface area contributed by atoms with Crippen LogP contribution in [0, 0.1) is 0 Å². The molecule has 6 heteroatoms. The smallest absolute Gasteiger partial charge is 0.321 e. The molecule has 5 nitrogen and oxygen atoms in total. The van der Waals surface area contributed by atoms with Crippen LogP contribution in [0.5, 0.6) is 0 Å². The number of rotatable bonds is 3. The zero-order valence-electron chi connectivity index (χ0n) is 16.4. The molecule has 150 valence electrons. The Morgan fingerprint density at radius 1 is 1.00 bits per heavy atom. The van der Waals surface area contributed by atoms with E-state index in [1.807, 2.05) is 47.5 Å². The van der Waals surface area contributed by atoms with Gasteiger partial charge >= 0.3 is 6.03 Å². The Kier molecular flexibility index (Phi) is 4.97. The largest absolute Gasteiger partial charge is 0.325 e. The van der Waals surface area contributed by atoms with Gasteiger partial charge in [-0.3, -0.25) is 0 Å². The fourth-order valence-electron chi connectivity index (χ4n) is 3.97. The number of pyridine rings is 1. The maximum atomic E-state index is 12.4. The van der Waals surface area contributed by atoms with Crippen LogP contribution in [0.2, 0.25) is 5.02 Å². The second kappa shape index (κ2) is 7.92. The quantitative estimate of drug-likeness (QED) is 0.594. The Balaban J connectivity index is 1.38. The van der Waals surface area contributed by atoms with E-state index in [4.69, 9.17) is 16.6 Å². The number of carbonyl (C=O) groups excluding carboxylic acids is 1. The molecule has 2 aliphatic rings. The number of benzene rings is 2. The van der Waals surface area contributed by atoms with Crippen molar-refractivity contribution in [2.24, 2.45) is 4.99 Å². The van der Waals surface area contributed by atoms with E-state index in [1.54, 1.807) is 0 Å².